The van der Waals surface area contributed by atoms with E-state index >= 15 is 0 Å². The topological polar surface area (TPSA) is 74.3 Å². The average molecular weight is 369 g/mol. The number of methoxy groups -OCH3 is 1. The molecule has 1 aliphatic rings. The summed E-state index contributed by atoms with van der Waals surface area (Å²) in [4.78, 5) is 32.4. The van der Waals surface area contributed by atoms with Crippen LogP contribution in [0.5, 0.6) is 5.75 Å². The SMILES string of the molecule is COc1ccc(N2CCn3c2nc2c3c(=O)n(CC(C)C)c(=O)n2C)cc1. The Hall–Kier alpha value is -3.03. The van der Waals surface area contributed by atoms with Crippen molar-refractivity contribution in [3.63, 3.8) is 0 Å². The average Bonchev–Trinajstić information content (AvgIpc) is 3.22. The lowest BCUT2D eigenvalue weighted by molar-refractivity contribution is 0.415. The fourth-order valence-corrected chi connectivity index (χ4v) is 3.61. The van der Waals surface area contributed by atoms with Gasteiger partial charge in [-0.3, -0.25) is 13.9 Å². The molecule has 0 saturated carbocycles. The summed E-state index contributed by atoms with van der Waals surface area (Å²) < 4.78 is 9.92. The maximum atomic E-state index is 13.0. The summed E-state index contributed by atoms with van der Waals surface area (Å²) in [7, 11) is 3.30. The molecule has 4 rings (SSSR count). The molecule has 0 saturated heterocycles. The standard InChI is InChI=1S/C19H23N5O3/c1-12(2)11-24-17(25)15-16(21(3)19(24)26)20-18-22(9-10-23(15)18)13-5-7-14(27-4)8-6-13/h5-8,12H,9-11H2,1-4H3. The molecule has 3 heterocycles. The van der Waals surface area contributed by atoms with E-state index in [0.29, 0.717) is 30.2 Å². The Bertz CT molecular complexity index is 1120. The van der Waals surface area contributed by atoms with Gasteiger partial charge in [-0.15, -0.1) is 0 Å². The van der Waals surface area contributed by atoms with E-state index in [9.17, 15) is 9.59 Å². The highest BCUT2D eigenvalue weighted by Gasteiger charge is 2.28. The van der Waals surface area contributed by atoms with Crippen molar-refractivity contribution >= 4 is 22.8 Å². The summed E-state index contributed by atoms with van der Waals surface area (Å²) in [6.07, 6.45) is 0. The molecule has 142 valence electrons. The van der Waals surface area contributed by atoms with E-state index in [1.807, 2.05) is 42.7 Å². The van der Waals surface area contributed by atoms with Gasteiger partial charge in [0, 0.05) is 32.4 Å². The molecule has 0 unspecified atom stereocenters. The van der Waals surface area contributed by atoms with Gasteiger partial charge in [0.2, 0.25) is 5.95 Å². The van der Waals surface area contributed by atoms with Crippen LogP contribution in [0.4, 0.5) is 11.6 Å². The molecule has 0 radical (unpaired) electrons. The van der Waals surface area contributed by atoms with E-state index in [0.717, 1.165) is 18.0 Å². The quantitative estimate of drug-likeness (QED) is 0.700. The second-order valence-corrected chi connectivity index (χ2v) is 7.24. The first-order valence-electron chi connectivity index (χ1n) is 9.04. The van der Waals surface area contributed by atoms with Gasteiger partial charge in [-0.25, -0.2) is 4.79 Å². The van der Waals surface area contributed by atoms with Crippen LogP contribution in [0.3, 0.4) is 0 Å². The van der Waals surface area contributed by atoms with Gasteiger partial charge in [0.25, 0.3) is 5.56 Å². The molecule has 3 aromatic rings. The Morgan fingerprint density at radius 1 is 1.15 bits per heavy atom. The van der Waals surface area contributed by atoms with Crippen LogP contribution in [-0.4, -0.2) is 32.3 Å². The number of nitrogens with zero attached hydrogens (tertiary/aromatic N) is 5. The molecule has 0 aliphatic carbocycles. The molecule has 1 aromatic carbocycles. The van der Waals surface area contributed by atoms with Crippen LogP contribution in [0, 0.1) is 5.92 Å². The number of imidazole rings is 1. The summed E-state index contributed by atoms with van der Waals surface area (Å²) in [6.45, 7) is 5.73. The lowest BCUT2D eigenvalue weighted by Gasteiger charge is -2.16. The van der Waals surface area contributed by atoms with Gasteiger partial charge in [-0.05, 0) is 30.2 Å². The zero-order valence-electron chi connectivity index (χ0n) is 16.0. The highest BCUT2D eigenvalue weighted by atomic mass is 16.5. The highest BCUT2D eigenvalue weighted by molar-refractivity contribution is 5.77. The zero-order chi connectivity index (χ0) is 19.3. The number of aromatic nitrogens is 4. The second-order valence-electron chi connectivity index (χ2n) is 7.24. The molecular formula is C19H23N5O3. The Balaban J connectivity index is 1.89. The van der Waals surface area contributed by atoms with Crippen molar-refractivity contribution in [3.8, 4) is 5.75 Å². The van der Waals surface area contributed by atoms with E-state index in [1.54, 1.807) is 14.2 Å². The molecule has 1 aliphatic heterocycles. The lowest BCUT2D eigenvalue weighted by Crippen LogP contribution is -2.40. The minimum absolute atomic E-state index is 0.199. The van der Waals surface area contributed by atoms with E-state index in [1.165, 1.54) is 9.13 Å². The monoisotopic (exact) mass is 369 g/mol. The third kappa shape index (κ3) is 2.63. The maximum absolute atomic E-state index is 13.0. The first-order chi connectivity index (χ1) is 12.9. The van der Waals surface area contributed by atoms with Crippen molar-refractivity contribution in [2.75, 3.05) is 18.6 Å². The van der Waals surface area contributed by atoms with Crippen molar-refractivity contribution in [2.24, 2.45) is 13.0 Å². The zero-order valence-corrected chi connectivity index (χ0v) is 16.0. The van der Waals surface area contributed by atoms with Crippen molar-refractivity contribution in [2.45, 2.75) is 26.9 Å². The number of hydrogen-bond donors (Lipinski definition) is 0. The van der Waals surface area contributed by atoms with Gasteiger partial charge in [0.05, 0.1) is 7.11 Å². The molecule has 8 nitrogen and oxygen atoms in total. The van der Waals surface area contributed by atoms with Crippen LogP contribution in [-0.2, 0) is 20.1 Å². The minimum atomic E-state index is -0.325. The molecule has 0 fully saturated rings. The largest absolute Gasteiger partial charge is 0.497 e. The molecule has 27 heavy (non-hydrogen) atoms. The first-order valence-corrected chi connectivity index (χ1v) is 9.04. The summed E-state index contributed by atoms with van der Waals surface area (Å²) in [6, 6.07) is 7.71. The fraction of sp³-hybridized carbons (Fsp3) is 0.421. The van der Waals surface area contributed by atoms with Crippen LogP contribution in [0.1, 0.15) is 13.8 Å². The van der Waals surface area contributed by atoms with Gasteiger partial charge in [0.15, 0.2) is 11.2 Å². The van der Waals surface area contributed by atoms with Crippen molar-refractivity contribution in [3.05, 3.63) is 45.1 Å². The van der Waals surface area contributed by atoms with E-state index in [2.05, 4.69) is 9.88 Å². The number of hydrogen-bond acceptors (Lipinski definition) is 5. The Morgan fingerprint density at radius 3 is 2.48 bits per heavy atom. The number of ether oxygens (including phenoxy) is 1. The minimum Gasteiger partial charge on any atom is -0.497 e. The van der Waals surface area contributed by atoms with Gasteiger partial charge in [0.1, 0.15) is 5.75 Å². The van der Waals surface area contributed by atoms with Crippen LogP contribution in [0.2, 0.25) is 0 Å². The second kappa shape index (κ2) is 6.29. The van der Waals surface area contributed by atoms with Gasteiger partial charge in [-0.1, -0.05) is 13.8 Å². The molecule has 2 aromatic heterocycles. The number of anilines is 2. The summed E-state index contributed by atoms with van der Waals surface area (Å²) >= 11 is 0. The van der Waals surface area contributed by atoms with Crippen molar-refractivity contribution in [1.82, 2.24) is 18.7 Å². The molecule has 0 N–H and O–H groups in total. The van der Waals surface area contributed by atoms with Crippen LogP contribution >= 0.6 is 0 Å². The number of aryl methyl sites for hydroxylation is 1. The highest BCUT2D eigenvalue weighted by Crippen LogP contribution is 2.32. The smallest absolute Gasteiger partial charge is 0.332 e. The third-order valence-corrected chi connectivity index (χ3v) is 4.93. The third-order valence-electron chi connectivity index (χ3n) is 4.93. The maximum Gasteiger partial charge on any atom is 0.332 e. The van der Waals surface area contributed by atoms with Crippen molar-refractivity contribution in [1.29, 1.82) is 0 Å². The molecule has 8 heteroatoms. The Kier molecular flexibility index (Phi) is 4.05. The van der Waals surface area contributed by atoms with Crippen LogP contribution in [0.15, 0.2) is 33.9 Å². The Labute approximate surface area is 156 Å². The molecule has 0 bridgehead atoms. The predicted molar refractivity (Wildman–Crippen MR) is 104 cm³/mol. The molecular weight excluding hydrogens is 346 g/mol. The number of fused-ring (bicyclic) bond motifs is 3. The van der Waals surface area contributed by atoms with Gasteiger partial charge >= 0.3 is 5.69 Å². The fourth-order valence-electron chi connectivity index (χ4n) is 3.61. The molecule has 0 amide bonds. The Morgan fingerprint density at radius 2 is 1.85 bits per heavy atom. The lowest BCUT2D eigenvalue weighted by atomic mass is 10.2. The normalized spacial score (nSPS) is 13.6. The summed E-state index contributed by atoms with van der Waals surface area (Å²) in [5.41, 5.74) is 1.30. The molecule has 0 atom stereocenters. The van der Waals surface area contributed by atoms with Gasteiger partial charge < -0.3 is 14.2 Å². The van der Waals surface area contributed by atoms with Crippen LogP contribution in [0.25, 0.3) is 11.2 Å². The number of rotatable bonds is 4. The summed E-state index contributed by atoms with van der Waals surface area (Å²) in [5.74, 6) is 1.67. The first kappa shape index (κ1) is 17.4. The van der Waals surface area contributed by atoms with Crippen molar-refractivity contribution < 1.29 is 4.74 Å². The van der Waals surface area contributed by atoms with E-state index in [4.69, 9.17) is 4.74 Å². The van der Waals surface area contributed by atoms with E-state index < -0.39 is 0 Å². The molecule has 0 spiro atoms. The number of benzene rings is 1. The van der Waals surface area contributed by atoms with Gasteiger partial charge in [-0.2, -0.15) is 4.98 Å². The van der Waals surface area contributed by atoms with Crippen LogP contribution < -0.4 is 20.9 Å². The predicted octanol–water partition coefficient (Wildman–Crippen LogP) is 1.71. The summed E-state index contributed by atoms with van der Waals surface area (Å²) in [5, 5.41) is 0. The van der Waals surface area contributed by atoms with E-state index in [-0.39, 0.29) is 17.2 Å².